The predicted molar refractivity (Wildman–Crippen MR) is 45.4 cm³/mol. The number of imidazole rings is 1. The molecule has 0 atom stereocenters. The van der Waals surface area contributed by atoms with Crippen molar-refractivity contribution >= 4 is 5.91 Å². The van der Waals surface area contributed by atoms with Crippen LogP contribution in [0.2, 0.25) is 0 Å². The fourth-order valence-corrected chi connectivity index (χ4v) is 1.04. The second-order valence-corrected chi connectivity index (χ2v) is 2.25. The van der Waals surface area contributed by atoms with Crippen LogP contribution in [0.5, 0.6) is 0 Å². The maximum absolute atomic E-state index is 10.8. The smallest absolute Gasteiger partial charge is 0.240 e. The maximum Gasteiger partial charge on any atom is 0.240 e. The number of amides is 1. The second kappa shape index (κ2) is 3.90. The molecular weight excluding hydrogens is 154 g/mol. The van der Waals surface area contributed by atoms with Crippen LogP contribution in [-0.2, 0) is 17.9 Å². The zero-order valence-electron chi connectivity index (χ0n) is 7.37. The molecule has 1 aliphatic heterocycles. The molecule has 66 valence electrons. The summed E-state index contributed by atoms with van der Waals surface area (Å²) in [6.07, 6.45) is 3.52. The minimum Gasteiger partial charge on any atom is -0.347 e. The molecule has 1 amide bonds. The van der Waals surface area contributed by atoms with Gasteiger partial charge in [-0.25, -0.2) is 4.98 Å². The summed E-state index contributed by atoms with van der Waals surface area (Å²) in [4.78, 5) is 14.8. The molecule has 0 aliphatic carbocycles. The van der Waals surface area contributed by atoms with Gasteiger partial charge in [0.2, 0.25) is 5.91 Å². The van der Waals surface area contributed by atoms with Gasteiger partial charge >= 0.3 is 0 Å². The van der Waals surface area contributed by atoms with Gasteiger partial charge < -0.3 is 9.88 Å². The number of carbonyl (C=O) groups excluding carboxylic acids is 1. The van der Waals surface area contributed by atoms with E-state index in [1.807, 2.05) is 24.6 Å². The number of hydrogen-bond acceptors (Lipinski definition) is 2. The Kier molecular flexibility index (Phi) is 2.85. The van der Waals surface area contributed by atoms with Gasteiger partial charge in [-0.2, -0.15) is 0 Å². The third-order valence-electron chi connectivity index (χ3n) is 1.56. The maximum atomic E-state index is 10.8. The fourth-order valence-electron chi connectivity index (χ4n) is 1.04. The highest BCUT2D eigenvalue weighted by atomic mass is 16.2. The van der Waals surface area contributed by atoms with Crippen LogP contribution in [0.3, 0.4) is 0 Å². The summed E-state index contributed by atoms with van der Waals surface area (Å²) in [6.45, 7) is 4.97. The Hall–Kier alpha value is -1.32. The Morgan fingerprint density at radius 3 is 3.08 bits per heavy atom. The Morgan fingerprint density at radius 2 is 2.33 bits per heavy atom. The summed E-state index contributed by atoms with van der Waals surface area (Å²) in [5.41, 5.74) is 0. The zero-order chi connectivity index (χ0) is 8.97. The molecule has 1 aromatic heterocycles. The number of aromatic nitrogens is 2. The van der Waals surface area contributed by atoms with Gasteiger partial charge in [-0.1, -0.05) is 13.8 Å². The molecule has 0 saturated carbocycles. The van der Waals surface area contributed by atoms with Crippen LogP contribution in [0.25, 0.3) is 0 Å². The Labute approximate surface area is 71.6 Å². The first-order valence-electron chi connectivity index (χ1n) is 4.13. The van der Waals surface area contributed by atoms with Gasteiger partial charge in [-0.15, -0.1) is 0 Å². The standard InChI is InChI=1S/C6H7N3O.C2H6/c10-6-4-9-2-1-7-5(9)3-8-6;1-2/h1-2H,3-4H2,(H,8,10);1-2H3. The molecular formula is C8H13N3O. The number of nitrogens with zero attached hydrogens (tertiary/aromatic N) is 2. The van der Waals surface area contributed by atoms with Crippen molar-refractivity contribution in [1.82, 2.24) is 14.9 Å². The van der Waals surface area contributed by atoms with Crippen molar-refractivity contribution < 1.29 is 4.79 Å². The molecule has 0 saturated heterocycles. The molecule has 4 heteroatoms. The van der Waals surface area contributed by atoms with Crippen LogP contribution >= 0.6 is 0 Å². The van der Waals surface area contributed by atoms with Gasteiger partial charge in [0, 0.05) is 12.4 Å². The molecule has 0 aromatic carbocycles. The summed E-state index contributed by atoms with van der Waals surface area (Å²) in [6, 6.07) is 0. The molecule has 12 heavy (non-hydrogen) atoms. The van der Waals surface area contributed by atoms with E-state index in [9.17, 15) is 4.79 Å². The number of hydrogen-bond donors (Lipinski definition) is 1. The molecule has 0 radical (unpaired) electrons. The van der Waals surface area contributed by atoms with Crippen LogP contribution in [0.1, 0.15) is 19.7 Å². The minimum atomic E-state index is 0.0606. The largest absolute Gasteiger partial charge is 0.347 e. The number of fused-ring (bicyclic) bond motifs is 1. The first kappa shape index (κ1) is 8.77. The SMILES string of the molecule is CC.O=C1Cn2ccnc2CN1. The van der Waals surface area contributed by atoms with E-state index in [0.29, 0.717) is 13.1 Å². The lowest BCUT2D eigenvalue weighted by atomic mass is 10.4. The lowest BCUT2D eigenvalue weighted by Crippen LogP contribution is -2.33. The van der Waals surface area contributed by atoms with E-state index in [-0.39, 0.29) is 5.91 Å². The van der Waals surface area contributed by atoms with E-state index in [2.05, 4.69) is 10.3 Å². The molecule has 0 fully saturated rings. The highest BCUT2D eigenvalue weighted by Crippen LogP contribution is 2.01. The average Bonchev–Trinajstić information content (AvgIpc) is 2.54. The normalized spacial score (nSPS) is 14.0. The van der Waals surface area contributed by atoms with Gasteiger partial charge in [0.05, 0.1) is 6.54 Å². The molecule has 1 aliphatic rings. The van der Waals surface area contributed by atoms with Crippen molar-refractivity contribution in [2.24, 2.45) is 0 Å². The van der Waals surface area contributed by atoms with E-state index in [4.69, 9.17) is 0 Å². The average molecular weight is 167 g/mol. The van der Waals surface area contributed by atoms with E-state index in [0.717, 1.165) is 5.82 Å². The van der Waals surface area contributed by atoms with Crippen molar-refractivity contribution in [3.8, 4) is 0 Å². The van der Waals surface area contributed by atoms with Crippen molar-refractivity contribution in [2.45, 2.75) is 26.9 Å². The molecule has 1 aromatic rings. The highest BCUT2D eigenvalue weighted by Gasteiger charge is 2.12. The van der Waals surface area contributed by atoms with E-state index >= 15 is 0 Å². The van der Waals surface area contributed by atoms with Crippen LogP contribution in [0.15, 0.2) is 12.4 Å². The summed E-state index contributed by atoms with van der Waals surface area (Å²) < 4.78 is 1.85. The molecule has 1 N–H and O–H groups in total. The predicted octanol–water partition coefficient (Wildman–Crippen LogP) is 0.539. The molecule has 0 unspecified atom stereocenters. The molecule has 4 nitrogen and oxygen atoms in total. The lowest BCUT2D eigenvalue weighted by molar-refractivity contribution is -0.122. The Morgan fingerprint density at radius 1 is 1.58 bits per heavy atom. The van der Waals surface area contributed by atoms with Gasteiger partial charge in [-0.3, -0.25) is 4.79 Å². The topological polar surface area (TPSA) is 46.9 Å². The zero-order valence-corrected chi connectivity index (χ0v) is 7.37. The van der Waals surface area contributed by atoms with E-state index < -0.39 is 0 Å². The monoisotopic (exact) mass is 167 g/mol. The molecule has 0 bridgehead atoms. The minimum absolute atomic E-state index is 0.0606. The van der Waals surface area contributed by atoms with Crippen LogP contribution in [-0.4, -0.2) is 15.5 Å². The quantitative estimate of drug-likeness (QED) is 0.613. The van der Waals surface area contributed by atoms with Gasteiger partial charge in [0.15, 0.2) is 0 Å². The fraction of sp³-hybridized carbons (Fsp3) is 0.500. The van der Waals surface area contributed by atoms with E-state index in [1.54, 1.807) is 6.20 Å². The highest BCUT2D eigenvalue weighted by molar-refractivity contribution is 5.76. The first-order valence-corrected chi connectivity index (χ1v) is 4.13. The van der Waals surface area contributed by atoms with Crippen LogP contribution in [0.4, 0.5) is 0 Å². The molecule has 0 spiro atoms. The van der Waals surface area contributed by atoms with Crippen molar-refractivity contribution in [3.63, 3.8) is 0 Å². The van der Waals surface area contributed by atoms with Gasteiger partial charge in [0.25, 0.3) is 0 Å². The third kappa shape index (κ3) is 1.64. The lowest BCUT2D eigenvalue weighted by Gasteiger charge is -2.13. The summed E-state index contributed by atoms with van der Waals surface area (Å²) >= 11 is 0. The Bertz CT molecular complexity index is 267. The number of carbonyl (C=O) groups is 1. The third-order valence-corrected chi connectivity index (χ3v) is 1.56. The van der Waals surface area contributed by atoms with Crippen LogP contribution in [0, 0.1) is 0 Å². The number of nitrogens with one attached hydrogen (secondary N) is 1. The van der Waals surface area contributed by atoms with Crippen molar-refractivity contribution in [2.75, 3.05) is 0 Å². The van der Waals surface area contributed by atoms with Gasteiger partial charge in [-0.05, 0) is 0 Å². The Balaban J connectivity index is 0.000000336. The van der Waals surface area contributed by atoms with Crippen molar-refractivity contribution in [1.29, 1.82) is 0 Å². The summed E-state index contributed by atoms with van der Waals surface area (Å²) in [5, 5.41) is 2.70. The van der Waals surface area contributed by atoms with Crippen LogP contribution < -0.4 is 5.32 Å². The summed E-state index contributed by atoms with van der Waals surface area (Å²) in [7, 11) is 0. The molecule has 2 rings (SSSR count). The van der Waals surface area contributed by atoms with Gasteiger partial charge in [0.1, 0.15) is 12.4 Å². The van der Waals surface area contributed by atoms with E-state index in [1.165, 1.54) is 0 Å². The first-order chi connectivity index (χ1) is 5.86. The molecule has 2 heterocycles. The number of rotatable bonds is 0. The second-order valence-electron chi connectivity index (χ2n) is 2.25. The van der Waals surface area contributed by atoms with Crippen molar-refractivity contribution in [3.05, 3.63) is 18.2 Å². The summed E-state index contributed by atoms with van der Waals surface area (Å²) in [5.74, 6) is 0.991.